The Balaban J connectivity index is 1.34. The van der Waals surface area contributed by atoms with Crippen LogP contribution in [0.2, 0.25) is 0 Å². The zero-order valence-electron chi connectivity index (χ0n) is 26.6. The van der Waals surface area contributed by atoms with Gasteiger partial charge in [-0.3, -0.25) is 14.6 Å². The summed E-state index contributed by atoms with van der Waals surface area (Å²) in [6.07, 6.45) is 6.04. The molecule has 1 atom stereocenters. The highest BCUT2D eigenvalue weighted by molar-refractivity contribution is 5.94. The summed E-state index contributed by atoms with van der Waals surface area (Å²) >= 11 is 0. The molecule has 1 saturated heterocycles. The Morgan fingerprint density at radius 2 is 1.70 bits per heavy atom. The maximum atomic E-state index is 13.2. The summed E-state index contributed by atoms with van der Waals surface area (Å²) in [6, 6.07) is 16.3. The van der Waals surface area contributed by atoms with Crippen LogP contribution in [0.15, 0.2) is 79.4 Å². The van der Waals surface area contributed by atoms with Crippen LogP contribution < -0.4 is 15.5 Å². The summed E-state index contributed by atoms with van der Waals surface area (Å²) in [5.74, 6) is -0.788. The van der Waals surface area contributed by atoms with E-state index in [-0.39, 0.29) is 18.9 Å². The molecule has 0 unspecified atom stereocenters. The molecule has 3 aromatic heterocycles. The Labute approximate surface area is 273 Å². The normalized spacial score (nSPS) is 13.9. The van der Waals surface area contributed by atoms with Crippen LogP contribution in [0, 0.1) is 5.92 Å². The third-order valence-corrected chi connectivity index (χ3v) is 7.33. The zero-order chi connectivity index (χ0) is 33.4. The molecular weight excluding hydrogens is 600 g/mol. The van der Waals surface area contributed by atoms with E-state index in [9.17, 15) is 19.5 Å². The molecule has 1 aromatic carbocycles. The van der Waals surface area contributed by atoms with E-state index < -0.39 is 23.4 Å². The second-order valence-corrected chi connectivity index (χ2v) is 12.2. The number of rotatable bonds is 10. The van der Waals surface area contributed by atoms with Crippen molar-refractivity contribution in [3.63, 3.8) is 0 Å². The van der Waals surface area contributed by atoms with Gasteiger partial charge in [0.2, 0.25) is 5.91 Å². The van der Waals surface area contributed by atoms with Crippen LogP contribution in [0.25, 0.3) is 11.3 Å². The maximum Gasteiger partial charge on any atom is 0.410 e. The fourth-order valence-electron chi connectivity index (χ4n) is 5.09. The lowest BCUT2D eigenvalue weighted by molar-refractivity contribution is -0.143. The van der Waals surface area contributed by atoms with E-state index in [1.54, 1.807) is 41.8 Å². The minimum Gasteiger partial charge on any atom is -0.481 e. The van der Waals surface area contributed by atoms with Gasteiger partial charge in [-0.25, -0.2) is 19.7 Å². The van der Waals surface area contributed by atoms with Crippen LogP contribution in [-0.2, 0) is 20.7 Å². The first kappa shape index (κ1) is 32.8. The maximum absolute atomic E-state index is 13.2. The molecule has 5 rings (SSSR count). The van der Waals surface area contributed by atoms with Crippen LogP contribution >= 0.6 is 0 Å². The molecule has 1 fully saturated rings. The van der Waals surface area contributed by atoms with Crippen molar-refractivity contribution in [2.45, 2.75) is 39.2 Å². The van der Waals surface area contributed by atoms with Crippen LogP contribution in [0.4, 0.5) is 27.9 Å². The number of nitrogens with one attached hydrogen (secondary N) is 2. The number of carbonyl (C=O) groups excluding carboxylic acids is 2. The molecule has 244 valence electrons. The van der Waals surface area contributed by atoms with Crippen molar-refractivity contribution in [2.75, 3.05) is 41.7 Å². The molecule has 1 aliphatic heterocycles. The summed E-state index contributed by atoms with van der Waals surface area (Å²) < 4.78 is 5.52. The average Bonchev–Trinajstić information content (AvgIpc) is 3.04. The summed E-state index contributed by atoms with van der Waals surface area (Å²) in [5.41, 5.74) is 2.00. The molecule has 13 heteroatoms. The number of hydrogen-bond acceptors (Lipinski definition) is 10. The van der Waals surface area contributed by atoms with E-state index in [0.717, 1.165) is 16.9 Å². The number of piperazine rings is 1. The topological polar surface area (TPSA) is 163 Å². The fraction of sp³-hybridized carbons (Fsp3) is 0.324. The number of nitrogens with zero attached hydrogens (tertiary/aromatic N) is 6. The molecule has 4 heterocycles. The molecule has 0 bridgehead atoms. The van der Waals surface area contributed by atoms with E-state index in [4.69, 9.17) is 9.72 Å². The number of hydrogen-bond donors (Lipinski definition) is 3. The molecule has 2 amide bonds. The number of amides is 2. The van der Waals surface area contributed by atoms with Crippen LogP contribution in [0.1, 0.15) is 32.8 Å². The molecule has 0 radical (unpaired) electrons. The lowest BCUT2D eigenvalue weighted by atomic mass is 9.96. The number of aliphatic carboxylic acids is 1. The third-order valence-electron chi connectivity index (χ3n) is 7.33. The van der Waals surface area contributed by atoms with Crippen molar-refractivity contribution < 1.29 is 24.2 Å². The van der Waals surface area contributed by atoms with E-state index in [1.807, 2.05) is 63.2 Å². The lowest BCUT2D eigenvalue weighted by Gasteiger charge is -2.36. The quantitative estimate of drug-likeness (QED) is 0.214. The van der Waals surface area contributed by atoms with Crippen LogP contribution in [-0.4, -0.2) is 79.7 Å². The van der Waals surface area contributed by atoms with Gasteiger partial charge >= 0.3 is 12.1 Å². The Kier molecular flexibility index (Phi) is 10.2. The van der Waals surface area contributed by atoms with Crippen molar-refractivity contribution in [2.24, 2.45) is 5.92 Å². The van der Waals surface area contributed by atoms with E-state index in [1.165, 1.54) is 0 Å². The van der Waals surface area contributed by atoms with Crippen molar-refractivity contribution >= 4 is 41.1 Å². The summed E-state index contributed by atoms with van der Waals surface area (Å²) in [7, 11) is 0. The average molecular weight is 639 g/mol. The van der Waals surface area contributed by atoms with E-state index in [2.05, 4.69) is 30.5 Å². The lowest BCUT2D eigenvalue weighted by Crippen LogP contribution is -2.50. The number of benzene rings is 1. The predicted molar refractivity (Wildman–Crippen MR) is 177 cm³/mol. The highest BCUT2D eigenvalue weighted by Gasteiger charge is 2.27. The fourth-order valence-corrected chi connectivity index (χ4v) is 5.09. The molecule has 0 saturated carbocycles. The van der Waals surface area contributed by atoms with Crippen molar-refractivity contribution in [1.29, 1.82) is 0 Å². The summed E-state index contributed by atoms with van der Waals surface area (Å²) in [5, 5.41) is 15.8. The zero-order valence-corrected chi connectivity index (χ0v) is 26.6. The van der Waals surface area contributed by atoms with Crippen molar-refractivity contribution in [3.05, 3.63) is 84.9 Å². The molecule has 47 heavy (non-hydrogen) atoms. The Hall–Kier alpha value is -5.59. The van der Waals surface area contributed by atoms with Crippen LogP contribution in [0.3, 0.4) is 0 Å². The van der Waals surface area contributed by atoms with Gasteiger partial charge in [0.25, 0.3) is 0 Å². The molecule has 4 aromatic rings. The number of carboxylic acid groups (broad SMARTS) is 1. The summed E-state index contributed by atoms with van der Waals surface area (Å²) in [6.45, 7) is 7.68. The minimum absolute atomic E-state index is 0.205. The highest BCUT2D eigenvalue weighted by Crippen LogP contribution is 2.28. The van der Waals surface area contributed by atoms with Crippen LogP contribution in [0.5, 0.6) is 0 Å². The number of carbonyl (C=O) groups is 3. The number of carboxylic acids is 1. The molecule has 3 N–H and O–H groups in total. The third kappa shape index (κ3) is 9.45. The standard InChI is InChI=1S/C34H38N8O5/c1-34(2,3)47-33(46)42-15-13-41(14-16-42)30-18-24(9-10-37-30)27-20-26(21-28(39-27)40-29-22-35-11-12-36-29)38-31(43)19-25(32(44)45)17-23-7-5-4-6-8-23/h4-12,18,20-22,25H,13-17,19H2,1-3H3,(H,44,45)(H2,36,38,39,40,43)/t25-/m0/s1. The molecule has 0 aliphatic carbocycles. The van der Waals surface area contributed by atoms with Gasteiger partial charge in [-0.15, -0.1) is 0 Å². The van der Waals surface area contributed by atoms with Gasteiger partial charge in [-0.2, -0.15) is 0 Å². The molecular formula is C34H38N8O5. The number of ether oxygens (including phenoxy) is 1. The molecule has 0 spiro atoms. The second kappa shape index (κ2) is 14.7. The monoisotopic (exact) mass is 638 g/mol. The first-order valence-electron chi connectivity index (χ1n) is 15.3. The van der Waals surface area contributed by atoms with Gasteiger partial charge in [-0.05, 0) is 51.0 Å². The Morgan fingerprint density at radius 3 is 2.38 bits per heavy atom. The van der Waals surface area contributed by atoms with Crippen molar-refractivity contribution in [3.8, 4) is 11.3 Å². The van der Waals surface area contributed by atoms with Crippen molar-refractivity contribution in [1.82, 2.24) is 24.8 Å². The Morgan fingerprint density at radius 1 is 0.936 bits per heavy atom. The minimum atomic E-state index is -1.04. The van der Waals surface area contributed by atoms with Gasteiger partial charge in [-0.1, -0.05) is 30.3 Å². The first-order chi connectivity index (χ1) is 22.5. The summed E-state index contributed by atoms with van der Waals surface area (Å²) in [4.78, 5) is 59.2. The largest absolute Gasteiger partial charge is 0.481 e. The predicted octanol–water partition coefficient (Wildman–Crippen LogP) is 5.01. The molecule has 1 aliphatic rings. The number of pyridine rings is 2. The SMILES string of the molecule is CC(C)(C)OC(=O)N1CCN(c2cc(-c3cc(NC(=O)C[C@H](Cc4ccccc4)C(=O)O)cc(Nc4cnccn4)n3)ccn2)CC1. The van der Waals surface area contributed by atoms with E-state index >= 15 is 0 Å². The smallest absolute Gasteiger partial charge is 0.410 e. The highest BCUT2D eigenvalue weighted by atomic mass is 16.6. The first-order valence-corrected chi connectivity index (χ1v) is 15.3. The number of anilines is 4. The second-order valence-electron chi connectivity index (χ2n) is 12.2. The van der Waals surface area contributed by atoms with Gasteiger partial charge in [0.1, 0.15) is 23.1 Å². The van der Waals surface area contributed by atoms with Gasteiger partial charge < -0.3 is 30.3 Å². The van der Waals surface area contributed by atoms with Gasteiger partial charge in [0.05, 0.1) is 17.8 Å². The Bertz CT molecular complexity index is 1690. The van der Waals surface area contributed by atoms with E-state index in [0.29, 0.717) is 49.2 Å². The molecule has 13 nitrogen and oxygen atoms in total. The van der Waals surface area contributed by atoms with Gasteiger partial charge in [0.15, 0.2) is 0 Å². The van der Waals surface area contributed by atoms with Gasteiger partial charge in [0, 0.05) is 68.5 Å². The number of aromatic nitrogens is 4.